The van der Waals surface area contributed by atoms with Crippen molar-refractivity contribution in [3.63, 3.8) is 0 Å². The standard InChI is InChI=1S/C9H9N3O/c10-8-7(1-3-12-9(8)11)6-2-4-13-5-6/h1-5H,10H2,(H2,11,12). The highest BCUT2D eigenvalue weighted by molar-refractivity contribution is 5.81. The largest absolute Gasteiger partial charge is 0.472 e. The summed E-state index contributed by atoms with van der Waals surface area (Å²) in [4.78, 5) is 3.87. The number of anilines is 2. The van der Waals surface area contributed by atoms with Gasteiger partial charge in [-0.1, -0.05) is 0 Å². The second kappa shape index (κ2) is 2.82. The molecule has 0 unspecified atom stereocenters. The smallest absolute Gasteiger partial charge is 0.147 e. The van der Waals surface area contributed by atoms with Crippen molar-refractivity contribution in [2.75, 3.05) is 11.5 Å². The number of hydrogen-bond donors (Lipinski definition) is 2. The molecular formula is C9H9N3O. The molecular weight excluding hydrogens is 166 g/mol. The van der Waals surface area contributed by atoms with Crippen LogP contribution in [0.25, 0.3) is 11.1 Å². The minimum atomic E-state index is 0.346. The van der Waals surface area contributed by atoms with Crippen molar-refractivity contribution in [3.05, 3.63) is 30.9 Å². The zero-order valence-corrected chi connectivity index (χ0v) is 6.90. The van der Waals surface area contributed by atoms with Gasteiger partial charge < -0.3 is 15.9 Å². The molecule has 0 saturated carbocycles. The fourth-order valence-corrected chi connectivity index (χ4v) is 1.16. The Bertz CT molecular complexity index is 409. The van der Waals surface area contributed by atoms with Gasteiger partial charge in [-0.15, -0.1) is 0 Å². The topological polar surface area (TPSA) is 78.1 Å². The quantitative estimate of drug-likeness (QED) is 0.688. The summed E-state index contributed by atoms with van der Waals surface area (Å²) in [6, 6.07) is 3.63. The van der Waals surface area contributed by atoms with Gasteiger partial charge in [-0.25, -0.2) is 4.98 Å². The first-order chi connectivity index (χ1) is 6.29. The van der Waals surface area contributed by atoms with E-state index in [0.717, 1.165) is 11.1 Å². The summed E-state index contributed by atoms with van der Waals surface area (Å²) < 4.78 is 4.95. The highest BCUT2D eigenvalue weighted by Gasteiger charge is 2.06. The Hall–Kier alpha value is -1.97. The van der Waals surface area contributed by atoms with Crippen LogP contribution in [0.15, 0.2) is 35.3 Å². The third-order valence-corrected chi connectivity index (χ3v) is 1.85. The van der Waals surface area contributed by atoms with Crippen molar-refractivity contribution in [2.45, 2.75) is 0 Å². The van der Waals surface area contributed by atoms with Crippen molar-refractivity contribution < 1.29 is 4.42 Å². The molecule has 66 valence electrons. The summed E-state index contributed by atoms with van der Waals surface area (Å²) in [5.41, 5.74) is 13.6. The van der Waals surface area contributed by atoms with Crippen molar-refractivity contribution in [3.8, 4) is 11.1 Å². The van der Waals surface area contributed by atoms with Gasteiger partial charge in [0.2, 0.25) is 0 Å². The van der Waals surface area contributed by atoms with Crippen LogP contribution in [0.1, 0.15) is 0 Å². The molecule has 2 rings (SSSR count). The first kappa shape index (κ1) is 7.67. The number of rotatable bonds is 1. The van der Waals surface area contributed by atoms with E-state index in [1.54, 1.807) is 24.8 Å². The summed E-state index contributed by atoms with van der Waals surface area (Å²) >= 11 is 0. The fourth-order valence-electron chi connectivity index (χ4n) is 1.16. The molecule has 2 heterocycles. The Morgan fingerprint density at radius 2 is 2.08 bits per heavy atom. The molecule has 0 fully saturated rings. The third kappa shape index (κ3) is 1.22. The molecule has 0 spiro atoms. The van der Waals surface area contributed by atoms with Crippen LogP contribution in [0.4, 0.5) is 11.5 Å². The number of nitrogens with two attached hydrogens (primary N) is 2. The van der Waals surface area contributed by atoms with E-state index in [2.05, 4.69) is 4.98 Å². The lowest BCUT2D eigenvalue weighted by Gasteiger charge is -2.03. The monoisotopic (exact) mass is 175 g/mol. The lowest BCUT2D eigenvalue weighted by atomic mass is 10.1. The number of furan rings is 1. The van der Waals surface area contributed by atoms with Crippen molar-refractivity contribution in [1.82, 2.24) is 4.98 Å². The zero-order valence-electron chi connectivity index (χ0n) is 6.90. The first-order valence-corrected chi connectivity index (χ1v) is 3.81. The lowest BCUT2D eigenvalue weighted by Crippen LogP contribution is -1.98. The molecule has 0 aromatic carbocycles. The van der Waals surface area contributed by atoms with Gasteiger partial charge >= 0.3 is 0 Å². The summed E-state index contributed by atoms with van der Waals surface area (Å²) in [6.45, 7) is 0. The molecule has 0 radical (unpaired) electrons. The van der Waals surface area contributed by atoms with Crippen molar-refractivity contribution >= 4 is 11.5 Å². The first-order valence-electron chi connectivity index (χ1n) is 3.81. The molecule has 13 heavy (non-hydrogen) atoms. The van der Waals surface area contributed by atoms with E-state index in [-0.39, 0.29) is 0 Å². The third-order valence-electron chi connectivity index (χ3n) is 1.85. The van der Waals surface area contributed by atoms with Crippen LogP contribution < -0.4 is 11.5 Å². The average Bonchev–Trinajstić information content (AvgIpc) is 2.62. The normalized spacial score (nSPS) is 10.2. The van der Waals surface area contributed by atoms with Crippen molar-refractivity contribution in [2.24, 2.45) is 0 Å². The summed E-state index contributed by atoms with van der Waals surface area (Å²) in [5, 5.41) is 0. The summed E-state index contributed by atoms with van der Waals surface area (Å²) in [7, 11) is 0. The molecule has 4 N–H and O–H groups in total. The number of aromatic nitrogens is 1. The van der Waals surface area contributed by atoms with E-state index >= 15 is 0 Å². The maximum Gasteiger partial charge on any atom is 0.147 e. The second-order valence-corrected chi connectivity index (χ2v) is 2.67. The summed E-state index contributed by atoms with van der Waals surface area (Å²) in [5.74, 6) is 0.346. The molecule has 0 amide bonds. The Morgan fingerprint density at radius 3 is 2.77 bits per heavy atom. The van der Waals surface area contributed by atoms with Crippen molar-refractivity contribution in [1.29, 1.82) is 0 Å². The molecule has 0 atom stereocenters. The highest BCUT2D eigenvalue weighted by Crippen LogP contribution is 2.28. The van der Waals surface area contributed by atoms with Gasteiger partial charge in [-0.2, -0.15) is 0 Å². The predicted octanol–water partition coefficient (Wildman–Crippen LogP) is 1.51. The van der Waals surface area contributed by atoms with Gasteiger partial charge in [-0.3, -0.25) is 0 Å². The van der Waals surface area contributed by atoms with Crippen LogP contribution in [0, 0.1) is 0 Å². The predicted molar refractivity (Wildman–Crippen MR) is 50.8 cm³/mol. The minimum Gasteiger partial charge on any atom is -0.472 e. The van der Waals surface area contributed by atoms with E-state index in [0.29, 0.717) is 11.5 Å². The Labute approximate surface area is 75.2 Å². The number of nitrogen functional groups attached to an aromatic ring is 2. The summed E-state index contributed by atoms with van der Waals surface area (Å²) in [6.07, 6.45) is 4.82. The molecule has 0 aliphatic carbocycles. The molecule has 2 aromatic rings. The maximum absolute atomic E-state index is 5.74. The van der Waals surface area contributed by atoms with E-state index in [9.17, 15) is 0 Å². The molecule has 4 heteroatoms. The Kier molecular flexibility index (Phi) is 1.66. The number of hydrogen-bond acceptors (Lipinski definition) is 4. The van der Waals surface area contributed by atoms with E-state index in [1.165, 1.54) is 0 Å². The van der Waals surface area contributed by atoms with Crippen LogP contribution in [-0.4, -0.2) is 4.98 Å². The SMILES string of the molecule is Nc1nccc(-c2ccoc2)c1N. The Balaban J connectivity index is 2.59. The van der Waals surface area contributed by atoms with E-state index in [1.807, 2.05) is 6.07 Å². The van der Waals surface area contributed by atoms with Gasteiger partial charge in [0.05, 0.1) is 18.2 Å². The zero-order chi connectivity index (χ0) is 9.26. The van der Waals surface area contributed by atoms with Gasteiger partial charge in [0.1, 0.15) is 5.82 Å². The van der Waals surface area contributed by atoms with Gasteiger partial charge in [0.25, 0.3) is 0 Å². The second-order valence-electron chi connectivity index (χ2n) is 2.67. The van der Waals surface area contributed by atoms with Crippen LogP contribution in [0.2, 0.25) is 0 Å². The van der Waals surface area contributed by atoms with Crippen LogP contribution in [-0.2, 0) is 0 Å². The fraction of sp³-hybridized carbons (Fsp3) is 0. The van der Waals surface area contributed by atoms with E-state index < -0.39 is 0 Å². The molecule has 2 aromatic heterocycles. The van der Waals surface area contributed by atoms with Crippen LogP contribution in [0.5, 0.6) is 0 Å². The number of nitrogens with zero attached hydrogens (tertiary/aromatic N) is 1. The van der Waals surface area contributed by atoms with E-state index in [4.69, 9.17) is 15.9 Å². The minimum absolute atomic E-state index is 0.346. The van der Waals surface area contributed by atoms with Gasteiger partial charge in [0, 0.05) is 17.3 Å². The molecule has 0 saturated heterocycles. The maximum atomic E-state index is 5.74. The van der Waals surface area contributed by atoms with Crippen LogP contribution in [0.3, 0.4) is 0 Å². The van der Waals surface area contributed by atoms with Crippen LogP contribution >= 0.6 is 0 Å². The van der Waals surface area contributed by atoms with Gasteiger partial charge in [-0.05, 0) is 12.1 Å². The average molecular weight is 175 g/mol. The molecule has 4 nitrogen and oxygen atoms in total. The number of pyridine rings is 1. The molecule has 0 bridgehead atoms. The molecule has 0 aliphatic rings. The molecule has 0 aliphatic heterocycles. The lowest BCUT2D eigenvalue weighted by molar-refractivity contribution is 0.568. The highest BCUT2D eigenvalue weighted by atomic mass is 16.3. The Morgan fingerprint density at radius 1 is 1.23 bits per heavy atom. The van der Waals surface area contributed by atoms with Gasteiger partial charge in [0.15, 0.2) is 0 Å².